The van der Waals surface area contributed by atoms with E-state index in [1.165, 1.54) is 0 Å². The monoisotopic (exact) mass is 470 g/mol. The van der Waals surface area contributed by atoms with E-state index in [1.54, 1.807) is 25.6 Å². The number of nitrogens with one attached hydrogen (secondary N) is 3. The Balaban J connectivity index is 1.56. The third-order valence-corrected chi connectivity index (χ3v) is 5.82. The van der Waals surface area contributed by atoms with Crippen LogP contribution in [0.1, 0.15) is 21.9 Å². The van der Waals surface area contributed by atoms with Crippen LogP contribution in [0, 0.1) is 13.8 Å². The van der Waals surface area contributed by atoms with Gasteiger partial charge in [0.1, 0.15) is 23.8 Å². The van der Waals surface area contributed by atoms with Crippen LogP contribution >= 0.6 is 0 Å². The van der Waals surface area contributed by atoms with Crippen molar-refractivity contribution in [2.45, 2.75) is 20.4 Å². The van der Waals surface area contributed by atoms with Gasteiger partial charge in [0.25, 0.3) is 5.91 Å². The molecule has 4 heterocycles. The van der Waals surface area contributed by atoms with Gasteiger partial charge in [-0.15, -0.1) is 10.2 Å². The Bertz CT molecular complexity index is 1390. The zero-order valence-corrected chi connectivity index (χ0v) is 20.0. The van der Waals surface area contributed by atoms with E-state index in [4.69, 9.17) is 0 Å². The van der Waals surface area contributed by atoms with Crippen molar-refractivity contribution in [1.82, 2.24) is 35.0 Å². The number of pyridine rings is 1. The van der Waals surface area contributed by atoms with Gasteiger partial charge < -0.3 is 25.4 Å². The quantitative estimate of drug-likeness (QED) is 0.403. The number of carbonyl (C=O) groups is 1. The van der Waals surface area contributed by atoms with Gasteiger partial charge >= 0.3 is 0 Å². The molecule has 3 N–H and O–H groups in total. The van der Waals surface area contributed by atoms with E-state index in [2.05, 4.69) is 46.0 Å². The van der Waals surface area contributed by atoms with Crippen LogP contribution < -0.4 is 20.9 Å². The molecule has 5 rings (SSSR count). The molecule has 0 unspecified atom stereocenters. The molecule has 11 nitrogen and oxygen atoms in total. The second-order valence-electron chi connectivity index (χ2n) is 8.36. The number of carbonyl (C=O) groups excluding carboxylic acids is 1. The van der Waals surface area contributed by atoms with Gasteiger partial charge in [-0.2, -0.15) is 0 Å². The highest BCUT2D eigenvalue weighted by Crippen LogP contribution is 2.39. The highest BCUT2D eigenvalue weighted by Gasteiger charge is 2.23. The first kappa shape index (κ1) is 22.3. The number of aromatic nitrogens is 6. The number of hydrogen-bond donors (Lipinski definition) is 3. The van der Waals surface area contributed by atoms with Gasteiger partial charge in [0.15, 0.2) is 5.82 Å². The number of likely N-dealkylation sites (N-methyl/N-ethyl adjacent to an activating group) is 1. The molecule has 0 radical (unpaired) electrons. The molecule has 3 aromatic heterocycles. The zero-order chi connectivity index (χ0) is 24.5. The molecular weight excluding hydrogens is 444 g/mol. The molecule has 0 fully saturated rings. The van der Waals surface area contributed by atoms with Crippen molar-refractivity contribution < 1.29 is 4.79 Å². The van der Waals surface area contributed by atoms with E-state index in [-0.39, 0.29) is 5.91 Å². The van der Waals surface area contributed by atoms with E-state index in [0.29, 0.717) is 28.7 Å². The normalized spacial score (nSPS) is 12.4. The Hall–Kier alpha value is -4.54. The van der Waals surface area contributed by atoms with E-state index >= 15 is 0 Å². The van der Waals surface area contributed by atoms with Crippen LogP contribution in [0.2, 0.25) is 0 Å². The van der Waals surface area contributed by atoms with Crippen molar-refractivity contribution in [3.63, 3.8) is 0 Å². The topological polar surface area (TPSA) is 126 Å². The van der Waals surface area contributed by atoms with Crippen molar-refractivity contribution in [2.75, 3.05) is 36.2 Å². The van der Waals surface area contributed by atoms with Crippen LogP contribution in [0.3, 0.4) is 0 Å². The minimum absolute atomic E-state index is 0.240. The fourth-order valence-electron chi connectivity index (χ4n) is 4.23. The molecule has 4 aromatic rings. The number of nitrogens with zero attached hydrogens (tertiary/aromatic N) is 7. The minimum atomic E-state index is -0.240. The second kappa shape index (κ2) is 9.01. The number of rotatable bonds is 5. The molecule has 1 aliphatic heterocycles. The van der Waals surface area contributed by atoms with Crippen molar-refractivity contribution >= 4 is 34.6 Å². The van der Waals surface area contributed by atoms with Gasteiger partial charge in [0.05, 0.1) is 22.6 Å². The summed E-state index contributed by atoms with van der Waals surface area (Å²) in [6.07, 6.45) is 3.30. The fraction of sp³-hybridized carbons (Fsp3) is 0.250. The first-order valence-corrected chi connectivity index (χ1v) is 11.2. The van der Waals surface area contributed by atoms with Crippen LogP contribution in [0.15, 0.2) is 42.9 Å². The number of para-hydroxylation sites is 1. The summed E-state index contributed by atoms with van der Waals surface area (Å²) in [6.45, 7) is 5.31. The number of amides is 1. The van der Waals surface area contributed by atoms with Crippen LogP contribution in [0.25, 0.3) is 11.4 Å². The van der Waals surface area contributed by atoms with E-state index in [1.807, 2.05) is 49.7 Å². The predicted octanol–water partition coefficient (Wildman–Crippen LogP) is 3.04. The molecule has 178 valence electrons. The SMILES string of the molecule is CNC(=O)c1cnc(Nc2cc(C)nc(C)n2)cc1Nc1cccc2c1N(C)CCn1cnnc1-2. The lowest BCUT2D eigenvalue weighted by Crippen LogP contribution is -2.22. The minimum Gasteiger partial charge on any atom is -0.371 e. The standard InChI is InChI=1S/C24H26N10O/c1-14-10-21(29-15(2)28-14)31-20-11-19(17(12-26-20)24(35)25-3)30-18-7-5-6-16-22(18)33(4)8-9-34-13-27-32-23(16)34/h5-7,10-13H,8-9H2,1-4H3,(H,25,35)(H2,26,28,29,30,31). The van der Waals surface area contributed by atoms with Crippen LogP contribution in [0.5, 0.6) is 0 Å². The second-order valence-corrected chi connectivity index (χ2v) is 8.36. The number of hydrogen-bond acceptors (Lipinski definition) is 9. The summed E-state index contributed by atoms with van der Waals surface area (Å²) in [5, 5.41) is 17.8. The molecule has 1 aromatic carbocycles. The highest BCUT2D eigenvalue weighted by molar-refractivity contribution is 6.01. The zero-order valence-electron chi connectivity index (χ0n) is 20.0. The molecular formula is C24H26N10O. The summed E-state index contributed by atoms with van der Waals surface area (Å²) in [7, 11) is 3.64. The lowest BCUT2D eigenvalue weighted by Gasteiger charge is -2.23. The molecule has 0 atom stereocenters. The summed E-state index contributed by atoms with van der Waals surface area (Å²) in [6, 6.07) is 9.62. The lowest BCUT2D eigenvalue weighted by molar-refractivity contribution is 0.0963. The molecule has 0 spiro atoms. The fourth-order valence-corrected chi connectivity index (χ4v) is 4.23. The third-order valence-electron chi connectivity index (χ3n) is 5.82. The number of benzene rings is 1. The van der Waals surface area contributed by atoms with Crippen molar-refractivity contribution in [3.8, 4) is 11.4 Å². The molecule has 0 saturated carbocycles. The summed E-state index contributed by atoms with van der Waals surface area (Å²) in [5.41, 5.74) is 4.67. The molecule has 11 heteroatoms. The number of fused-ring (bicyclic) bond motifs is 3. The molecule has 0 aliphatic carbocycles. The Morgan fingerprint density at radius 1 is 1.03 bits per heavy atom. The Morgan fingerprint density at radius 2 is 1.89 bits per heavy atom. The Kier molecular flexibility index (Phi) is 5.73. The van der Waals surface area contributed by atoms with Gasteiger partial charge in [-0.05, 0) is 26.0 Å². The first-order chi connectivity index (χ1) is 16.9. The maximum Gasteiger partial charge on any atom is 0.254 e. The summed E-state index contributed by atoms with van der Waals surface area (Å²) in [5.74, 6) is 2.42. The van der Waals surface area contributed by atoms with Crippen molar-refractivity contribution in [2.24, 2.45) is 0 Å². The third kappa shape index (κ3) is 4.35. The van der Waals surface area contributed by atoms with Crippen LogP contribution in [0.4, 0.5) is 28.7 Å². The smallest absolute Gasteiger partial charge is 0.254 e. The van der Waals surface area contributed by atoms with Gasteiger partial charge in [0, 0.05) is 56.8 Å². The molecule has 0 bridgehead atoms. The van der Waals surface area contributed by atoms with Gasteiger partial charge in [-0.1, -0.05) is 6.07 Å². The first-order valence-electron chi connectivity index (χ1n) is 11.2. The van der Waals surface area contributed by atoms with Crippen LogP contribution in [-0.2, 0) is 6.54 Å². The van der Waals surface area contributed by atoms with E-state index in [0.717, 1.165) is 41.5 Å². The lowest BCUT2D eigenvalue weighted by atomic mass is 10.1. The largest absolute Gasteiger partial charge is 0.371 e. The maximum absolute atomic E-state index is 12.7. The summed E-state index contributed by atoms with van der Waals surface area (Å²) >= 11 is 0. The van der Waals surface area contributed by atoms with E-state index < -0.39 is 0 Å². The van der Waals surface area contributed by atoms with Crippen molar-refractivity contribution in [1.29, 1.82) is 0 Å². The van der Waals surface area contributed by atoms with Gasteiger partial charge in [-0.25, -0.2) is 15.0 Å². The summed E-state index contributed by atoms with van der Waals surface area (Å²) < 4.78 is 2.04. The average molecular weight is 471 g/mol. The van der Waals surface area contributed by atoms with Gasteiger partial charge in [0.2, 0.25) is 0 Å². The van der Waals surface area contributed by atoms with E-state index in [9.17, 15) is 4.79 Å². The maximum atomic E-state index is 12.7. The predicted molar refractivity (Wildman–Crippen MR) is 134 cm³/mol. The van der Waals surface area contributed by atoms with Gasteiger partial charge in [-0.3, -0.25) is 4.79 Å². The number of aryl methyl sites for hydroxylation is 2. The average Bonchev–Trinajstić information content (AvgIpc) is 3.25. The summed E-state index contributed by atoms with van der Waals surface area (Å²) in [4.78, 5) is 28.0. The molecule has 1 amide bonds. The van der Waals surface area contributed by atoms with Crippen molar-refractivity contribution in [3.05, 3.63) is 59.9 Å². The number of anilines is 5. The Morgan fingerprint density at radius 3 is 2.69 bits per heavy atom. The molecule has 0 saturated heterocycles. The highest BCUT2D eigenvalue weighted by atomic mass is 16.1. The van der Waals surface area contributed by atoms with Crippen LogP contribution in [-0.4, -0.2) is 56.3 Å². The molecule has 1 aliphatic rings. The molecule has 35 heavy (non-hydrogen) atoms. The Labute approximate surface area is 202 Å².